The van der Waals surface area contributed by atoms with Crippen LogP contribution in [0, 0.1) is 0 Å². The molecule has 1 aromatic carbocycles. The van der Waals surface area contributed by atoms with Crippen molar-refractivity contribution in [2.24, 2.45) is 0 Å². The minimum atomic E-state index is -4.01. The molecule has 0 aliphatic rings. The molecule has 0 saturated carbocycles. The van der Waals surface area contributed by atoms with Crippen molar-refractivity contribution in [3.63, 3.8) is 0 Å². The van der Waals surface area contributed by atoms with Crippen molar-refractivity contribution in [1.82, 2.24) is 0 Å². The molecule has 4 N–H and O–H groups in total. The van der Waals surface area contributed by atoms with Gasteiger partial charge in [0.05, 0.1) is 0 Å². The third-order valence-electron chi connectivity index (χ3n) is 1.50. The van der Waals surface area contributed by atoms with Crippen molar-refractivity contribution in [3.05, 3.63) is 54.1 Å². The molecule has 100 valence electrons. The van der Waals surface area contributed by atoms with E-state index < -0.39 is 15.2 Å². The van der Waals surface area contributed by atoms with E-state index in [0.29, 0.717) is 5.82 Å². The van der Waals surface area contributed by atoms with Gasteiger partial charge in [0.15, 0.2) is 0 Å². The van der Waals surface area contributed by atoms with Crippen molar-refractivity contribution in [3.8, 4) is 0 Å². The molecule has 0 aliphatic carbocycles. The number of hydrogen-bond acceptors (Lipinski definition) is 2. The molecule has 0 fully saturated rings. The molecule has 1 rings (SSSR count). The zero-order valence-electron chi connectivity index (χ0n) is 9.33. The smallest absolute Gasteiger partial charge is 0.321 e. The first-order chi connectivity index (χ1) is 8.14. The van der Waals surface area contributed by atoms with Crippen LogP contribution in [0.1, 0.15) is 5.56 Å². The Labute approximate surface area is 105 Å². The summed E-state index contributed by atoms with van der Waals surface area (Å²) in [5, 5.41) is 0. The minimum absolute atomic E-state index is 0.604. The summed E-state index contributed by atoms with van der Waals surface area (Å²) in [6.07, 6.45) is 1.40. The summed E-state index contributed by atoms with van der Waals surface area (Å²) in [5.74, 6) is 1.50. The average molecular weight is 292 g/mol. The fourth-order valence-corrected chi connectivity index (χ4v) is 1.11. The molecule has 0 amide bonds. The topological polar surface area (TPSA) is 115 Å². The summed E-state index contributed by atoms with van der Waals surface area (Å²) in [6.45, 7) is 2.87. The molecule has 0 unspecified atom stereocenters. The van der Waals surface area contributed by atoms with Gasteiger partial charge in [-0.3, -0.25) is 9.13 Å². The lowest BCUT2D eigenvalue weighted by Crippen LogP contribution is -1.71. The van der Waals surface area contributed by atoms with Gasteiger partial charge < -0.3 is 19.6 Å². The molecule has 8 heteroatoms. The van der Waals surface area contributed by atoms with E-state index >= 15 is 0 Å². The summed E-state index contributed by atoms with van der Waals surface area (Å²) in [4.78, 5) is 32.6. The van der Waals surface area contributed by atoms with Gasteiger partial charge in [-0.15, -0.1) is 0 Å². The highest BCUT2D eigenvalue weighted by molar-refractivity contribution is 7.55. The first-order valence-corrected chi connectivity index (χ1v) is 7.99. The summed E-state index contributed by atoms with van der Waals surface area (Å²) >= 11 is 0. The molecule has 0 saturated heterocycles. The Morgan fingerprint density at radius 2 is 1.39 bits per heavy atom. The Morgan fingerprint density at radius 3 is 1.72 bits per heavy atom. The van der Waals surface area contributed by atoms with Crippen LogP contribution in [0.4, 0.5) is 0 Å². The molecule has 0 spiro atoms. The van der Waals surface area contributed by atoms with E-state index in [1.165, 1.54) is 6.08 Å². The van der Waals surface area contributed by atoms with E-state index in [1.54, 1.807) is 24.3 Å². The Bertz CT molecular complexity index is 484. The minimum Gasteiger partial charge on any atom is -0.321 e. The van der Waals surface area contributed by atoms with Crippen LogP contribution in [0.2, 0.25) is 0 Å². The fourth-order valence-electron chi connectivity index (χ4n) is 0.747. The molecule has 0 radical (unpaired) electrons. The van der Waals surface area contributed by atoms with Crippen molar-refractivity contribution in [2.45, 2.75) is 0 Å². The average Bonchev–Trinajstić information content (AvgIpc) is 2.27. The molecular weight excluding hydrogens is 278 g/mol. The van der Waals surface area contributed by atoms with Gasteiger partial charge in [0.1, 0.15) is 0 Å². The zero-order valence-corrected chi connectivity index (χ0v) is 11.1. The monoisotopic (exact) mass is 292 g/mol. The maximum absolute atomic E-state index is 10.4. The lowest BCUT2D eigenvalue weighted by Gasteiger charge is -1.94. The highest BCUT2D eigenvalue weighted by Gasteiger charge is 2.04. The predicted octanol–water partition coefficient (Wildman–Crippen LogP) is 2.14. The third-order valence-corrected chi connectivity index (χ3v) is 2.51. The van der Waals surface area contributed by atoms with Crippen molar-refractivity contribution < 1.29 is 28.7 Å². The second-order valence-electron chi connectivity index (χ2n) is 3.09. The first kappa shape index (κ1) is 17.0. The Balaban J connectivity index is 0.000000411. The van der Waals surface area contributed by atoms with E-state index in [2.05, 4.69) is 6.58 Å². The molecule has 0 aliphatic heterocycles. The van der Waals surface area contributed by atoms with E-state index in [9.17, 15) is 9.13 Å². The molecular formula is C10H14O6P2. The summed E-state index contributed by atoms with van der Waals surface area (Å²) in [7, 11) is -7.89. The van der Waals surface area contributed by atoms with Crippen LogP contribution in [0.5, 0.6) is 0 Å². The highest BCUT2D eigenvalue weighted by Crippen LogP contribution is 2.36. The first-order valence-electron chi connectivity index (χ1n) is 4.62. The third kappa shape index (κ3) is 11.5. The van der Waals surface area contributed by atoms with Crippen LogP contribution >= 0.6 is 15.2 Å². The quantitative estimate of drug-likeness (QED) is 0.634. The highest BCUT2D eigenvalue weighted by atomic mass is 31.2. The van der Waals surface area contributed by atoms with Crippen LogP contribution in [-0.2, 0) is 9.13 Å². The normalized spacial score (nSPS) is 11.8. The predicted molar refractivity (Wildman–Crippen MR) is 69.8 cm³/mol. The zero-order chi connectivity index (χ0) is 14.2. The van der Waals surface area contributed by atoms with E-state index in [1.807, 2.05) is 6.07 Å². The molecule has 0 aromatic heterocycles. The Kier molecular flexibility index (Phi) is 7.02. The van der Waals surface area contributed by atoms with Crippen LogP contribution < -0.4 is 0 Å². The van der Waals surface area contributed by atoms with Gasteiger partial charge in [-0.25, -0.2) is 0 Å². The molecule has 0 bridgehead atoms. The van der Waals surface area contributed by atoms with Crippen LogP contribution in [0.25, 0.3) is 6.08 Å². The molecule has 18 heavy (non-hydrogen) atoms. The lowest BCUT2D eigenvalue weighted by atomic mass is 10.2. The molecule has 6 nitrogen and oxygen atoms in total. The standard InChI is InChI=1S/C8H9O3P.C2H5O3P/c9-12(10,11)7-6-8-4-2-1-3-5-8;1-2-6(3,4)5/h1-7H,(H2,9,10,11);2H,1H2,(H2,3,4,5). The van der Waals surface area contributed by atoms with Crippen LogP contribution in [0.15, 0.2) is 48.5 Å². The van der Waals surface area contributed by atoms with Gasteiger partial charge in [-0.2, -0.15) is 0 Å². The van der Waals surface area contributed by atoms with E-state index in [4.69, 9.17) is 19.6 Å². The van der Waals surface area contributed by atoms with Crippen LogP contribution in [0.3, 0.4) is 0 Å². The van der Waals surface area contributed by atoms with E-state index in [0.717, 1.165) is 11.4 Å². The Morgan fingerprint density at radius 1 is 0.944 bits per heavy atom. The largest absolute Gasteiger partial charge is 0.349 e. The molecule has 0 atom stereocenters. The van der Waals surface area contributed by atoms with Gasteiger partial charge in [-0.1, -0.05) is 36.9 Å². The van der Waals surface area contributed by atoms with Crippen LogP contribution in [-0.4, -0.2) is 19.6 Å². The van der Waals surface area contributed by atoms with Gasteiger partial charge in [0.25, 0.3) is 0 Å². The summed E-state index contributed by atoms with van der Waals surface area (Å²) < 4.78 is 20.0. The van der Waals surface area contributed by atoms with Gasteiger partial charge in [0, 0.05) is 11.6 Å². The summed E-state index contributed by atoms with van der Waals surface area (Å²) in [6, 6.07) is 8.99. The number of rotatable bonds is 3. The fraction of sp³-hybridized carbons (Fsp3) is 0. The van der Waals surface area contributed by atoms with Crippen molar-refractivity contribution in [2.75, 3.05) is 0 Å². The maximum atomic E-state index is 10.4. The SMILES string of the molecule is C=CP(=O)(O)O.O=P(O)(O)C=Cc1ccccc1. The van der Waals surface area contributed by atoms with Crippen molar-refractivity contribution in [1.29, 1.82) is 0 Å². The van der Waals surface area contributed by atoms with Gasteiger partial charge in [-0.05, 0) is 11.6 Å². The van der Waals surface area contributed by atoms with Gasteiger partial charge >= 0.3 is 15.2 Å². The lowest BCUT2D eigenvalue weighted by molar-refractivity contribution is 0.384. The maximum Gasteiger partial charge on any atom is 0.349 e. The molecule has 0 heterocycles. The van der Waals surface area contributed by atoms with Crippen molar-refractivity contribution >= 4 is 21.3 Å². The second-order valence-corrected chi connectivity index (χ2v) is 6.11. The number of hydrogen-bond donors (Lipinski definition) is 4. The summed E-state index contributed by atoms with van der Waals surface area (Å²) in [5.41, 5.74) is 0.779. The van der Waals surface area contributed by atoms with Gasteiger partial charge in [0.2, 0.25) is 0 Å². The number of benzene rings is 1. The molecule has 1 aromatic rings. The Hall–Kier alpha value is -1.00. The van der Waals surface area contributed by atoms with E-state index in [-0.39, 0.29) is 0 Å². The second kappa shape index (κ2) is 7.44.